The molecule has 126 valence electrons. The first-order valence-electron chi connectivity index (χ1n) is 6.96. The van der Waals surface area contributed by atoms with Crippen LogP contribution in [0.25, 0.3) is 0 Å². The molecule has 1 saturated heterocycles. The Labute approximate surface area is 139 Å². The largest absolute Gasteiger partial charge is 0.447 e. The first kappa shape index (κ1) is 17.8. The highest BCUT2D eigenvalue weighted by Gasteiger charge is 2.48. The molecule has 0 bridgehead atoms. The quantitative estimate of drug-likeness (QED) is 0.735. The van der Waals surface area contributed by atoms with Crippen molar-refractivity contribution in [3.05, 3.63) is 35.9 Å². The summed E-state index contributed by atoms with van der Waals surface area (Å²) in [6.07, 6.45) is -5.12. The molecule has 3 atom stereocenters. The van der Waals surface area contributed by atoms with Crippen LogP contribution < -0.4 is 0 Å². The summed E-state index contributed by atoms with van der Waals surface area (Å²) in [4.78, 5) is 23.3. The highest BCUT2D eigenvalue weighted by molar-refractivity contribution is 9.10. The van der Waals surface area contributed by atoms with E-state index in [1.54, 1.807) is 12.1 Å². The van der Waals surface area contributed by atoms with Gasteiger partial charge in [0.05, 0.1) is 12.0 Å². The van der Waals surface area contributed by atoms with E-state index in [4.69, 9.17) is 4.74 Å². The van der Waals surface area contributed by atoms with Crippen molar-refractivity contribution in [1.82, 2.24) is 4.90 Å². The number of hydrogen-bond donors (Lipinski definition) is 0. The van der Waals surface area contributed by atoms with Gasteiger partial charge in [-0.15, -0.1) is 0 Å². The molecule has 0 aromatic heterocycles. The van der Waals surface area contributed by atoms with Gasteiger partial charge in [-0.2, -0.15) is 13.2 Å². The molecule has 1 fully saturated rings. The smallest absolute Gasteiger partial charge is 0.417 e. The van der Waals surface area contributed by atoms with E-state index >= 15 is 0 Å². The van der Waals surface area contributed by atoms with Gasteiger partial charge in [0.15, 0.2) is 0 Å². The van der Waals surface area contributed by atoms with Crippen LogP contribution >= 0.6 is 15.9 Å². The number of rotatable bonds is 4. The number of hydrogen-bond acceptors (Lipinski definition) is 3. The number of ether oxygens (including phenoxy) is 1. The fourth-order valence-electron chi connectivity index (χ4n) is 2.28. The van der Waals surface area contributed by atoms with Gasteiger partial charge in [0.2, 0.25) is 5.91 Å². The normalized spacial score (nSPS) is 21.0. The van der Waals surface area contributed by atoms with Crippen LogP contribution in [0.1, 0.15) is 12.5 Å². The Morgan fingerprint density at radius 3 is 2.57 bits per heavy atom. The fraction of sp³-hybridized carbons (Fsp3) is 0.467. The SMILES string of the molecule is C[C@@H]([C@H](Br)C(=O)N1C(=O)OC[C@@H]1Cc1ccccc1)C(F)(F)F. The molecule has 0 radical (unpaired) electrons. The molecular formula is C15H15BrF3NO3. The first-order chi connectivity index (χ1) is 10.7. The van der Waals surface area contributed by atoms with E-state index in [0.717, 1.165) is 17.4 Å². The monoisotopic (exact) mass is 393 g/mol. The molecule has 2 rings (SSSR count). The van der Waals surface area contributed by atoms with Crippen LogP contribution in [0.5, 0.6) is 0 Å². The second-order valence-corrected chi connectivity index (χ2v) is 6.35. The topological polar surface area (TPSA) is 46.6 Å². The van der Waals surface area contributed by atoms with Crippen LogP contribution in [-0.4, -0.2) is 40.6 Å². The number of alkyl halides is 4. The van der Waals surface area contributed by atoms with E-state index in [1.807, 2.05) is 18.2 Å². The zero-order valence-electron chi connectivity index (χ0n) is 12.2. The minimum atomic E-state index is -4.54. The summed E-state index contributed by atoms with van der Waals surface area (Å²) in [5.74, 6) is -2.85. The minimum Gasteiger partial charge on any atom is -0.447 e. The molecule has 1 aromatic carbocycles. The number of cyclic esters (lactones) is 1. The van der Waals surface area contributed by atoms with Crippen molar-refractivity contribution < 1.29 is 27.5 Å². The maximum Gasteiger partial charge on any atom is 0.417 e. The van der Waals surface area contributed by atoms with Gasteiger partial charge >= 0.3 is 12.3 Å². The lowest BCUT2D eigenvalue weighted by molar-refractivity contribution is -0.173. The first-order valence-corrected chi connectivity index (χ1v) is 7.88. The van der Waals surface area contributed by atoms with Crippen molar-refractivity contribution in [2.24, 2.45) is 5.92 Å². The minimum absolute atomic E-state index is 0.0282. The van der Waals surface area contributed by atoms with E-state index in [0.29, 0.717) is 6.42 Å². The Balaban J connectivity index is 2.14. The lowest BCUT2D eigenvalue weighted by atomic mass is 10.0. The van der Waals surface area contributed by atoms with Crippen LogP contribution in [-0.2, 0) is 16.0 Å². The zero-order chi connectivity index (χ0) is 17.2. The average molecular weight is 394 g/mol. The molecule has 2 amide bonds. The Hall–Kier alpha value is -1.57. The van der Waals surface area contributed by atoms with Gasteiger partial charge in [-0.1, -0.05) is 53.2 Å². The molecule has 0 aliphatic carbocycles. The maximum absolute atomic E-state index is 12.8. The van der Waals surface area contributed by atoms with Crippen LogP contribution in [0, 0.1) is 5.92 Å². The molecule has 0 unspecified atom stereocenters. The molecular weight excluding hydrogens is 379 g/mol. The van der Waals surface area contributed by atoms with Crippen molar-refractivity contribution in [3.8, 4) is 0 Å². The predicted molar refractivity (Wildman–Crippen MR) is 80.1 cm³/mol. The van der Waals surface area contributed by atoms with E-state index < -0.39 is 35.0 Å². The van der Waals surface area contributed by atoms with Gasteiger partial charge in [-0.25, -0.2) is 9.69 Å². The Morgan fingerprint density at radius 2 is 2.00 bits per heavy atom. The summed E-state index contributed by atoms with van der Waals surface area (Å²) in [6, 6.07) is 8.45. The van der Waals surface area contributed by atoms with Crippen molar-refractivity contribution in [1.29, 1.82) is 0 Å². The summed E-state index contributed by atoms with van der Waals surface area (Å²) in [6.45, 7) is 0.866. The molecule has 4 nitrogen and oxygen atoms in total. The van der Waals surface area contributed by atoms with Crippen molar-refractivity contribution >= 4 is 27.9 Å². The third-order valence-electron chi connectivity index (χ3n) is 3.70. The number of amides is 2. The number of carbonyl (C=O) groups excluding carboxylic acids is 2. The second kappa shape index (κ2) is 6.90. The standard InChI is InChI=1S/C15H15BrF3NO3/c1-9(15(17,18)19)12(16)13(21)20-11(8-23-14(20)22)7-10-5-3-2-4-6-10/h2-6,9,11-12H,7-8H2,1H3/t9-,11-,12-/m0/s1. The highest BCUT2D eigenvalue weighted by atomic mass is 79.9. The van der Waals surface area contributed by atoms with Gasteiger partial charge in [0, 0.05) is 0 Å². The van der Waals surface area contributed by atoms with Gasteiger partial charge in [-0.05, 0) is 12.0 Å². The number of halogens is 4. The number of nitrogens with zero attached hydrogens (tertiary/aromatic N) is 1. The Kier molecular flexibility index (Phi) is 5.33. The summed E-state index contributed by atoms with van der Waals surface area (Å²) in [5.41, 5.74) is 0.864. The van der Waals surface area contributed by atoms with Crippen LogP contribution in [0.15, 0.2) is 30.3 Å². The van der Waals surface area contributed by atoms with Gasteiger partial charge in [-0.3, -0.25) is 4.79 Å². The summed E-state index contributed by atoms with van der Waals surface area (Å²) < 4.78 is 43.2. The van der Waals surface area contributed by atoms with E-state index in [9.17, 15) is 22.8 Å². The second-order valence-electron chi connectivity index (χ2n) is 5.36. The zero-order valence-corrected chi connectivity index (χ0v) is 13.8. The van der Waals surface area contributed by atoms with Gasteiger partial charge in [0.25, 0.3) is 0 Å². The number of carbonyl (C=O) groups is 2. The molecule has 23 heavy (non-hydrogen) atoms. The molecule has 1 aromatic rings. The summed E-state index contributed by atoms with van der Waals surface area (Å²) >= 11 is 2.78. The van der Waals surface area contributed by atoms with E-state index in [2.05, 4.69) is 15.9 Å². The van der Waals surface area contributed by atoms with Crippen LogP contribution in [0.4, 0.5) is 18.0 Å². The highest BCUT2D eigenvalue weighted by Crippen LogP contribution is 2.33. The van der Waals surface area contributed by atoms with Gasteiger partial charge < -0.3 is 4.74 Å². The maximum atomic E-state index is 12.8. The van der Waals surface area contributed by atoms with Gasteiger partial charge in [0.1, 0.15) is 11.4 Å². The molecule has 8 heteroatoms. The Morgan fingerprint density at radius 1 is 1.39 bits per heavy atom. The summed E-state index contributed by atoms with van der Waals surface area (Å²) in [7, 11) is 0. The lowest BCUT2D eigenvalue weighted by Gasteiger charge is -2.26. The third-order valence-corrected chi connectivity index (χ3v) is 4.89. The number of benzene rings is 1. The molecule has 0 spiro atoms. The number of imide groups is 1. The molecule has 1 aliphatic heterocycles. The fourth-order valence-corrected chi connectivity index (χ4v) is 2.80. The third kappa shape index (κ3) is 4.04. The Bertz CT molecular complexity index is 579. The van der Waals surface area contributed by atoms with Crippen LogP contribution in [0.2, 0.25) is 0 Å². The van der Waals surface area contributed by atoms with E-state index in [-0.39, 0.29) is 6.61 Å². The van der Waals surface area contributed by atoms with Crippen molar-refractivity contribution in [2.75, 3.05) is 6.61 Å². The van der Waals surface area contributed by atoms with Crippen molar-refractivity contribution in [3.63, 3.8) is 0 Å². The lowest BCUT2D eigenvalue weighted by Crippen LogP contribution is -2.47. The molecule has 0 saturated carbocycles. The molecule has 1 aliphatic rings. The van der Waals surface area contributed by atoms with E-state index in [1.165, 1.54) is 0 Å². The summed E-state index contributed by atoms with van der Waals surface area (Å²) in [5, 5.41) is 0. The van der Waals surface area contributed by atoms with Crippen molar-refractivity contribution in [2.45, 2.75) is 30.4 Å². The average Bonchev–Trinajstić information content (AvgIpc) is 2.85. The predicted octanol–water partition coefficient (Wildman–Crippen LogP) is 3.54. The molecule has 1 heterocycles. The van der Waals surface area contributed by atoms with Crippen LogP contribution in [0.3, 0.4) is 0 Å². The molecule has 0 N–H and O–H groups in total.